The topological polar surface area (TPSA) is 3.24 Å². The van der Waals surface area contributed by atoms with Crippen molar-refractivity contribution < 1.29 is 0 Å². The van der Waals surface area contributed by atoms with Gasteiger partial charge in [0.1, 0.15) is 0 Å². The van der Waals surface area contributed by atoms with Crippen LogP contribution in [0.5, 0.6) is 0 Å². The standard InChI is InChI=1S/C12H21N/c1-5-7-11-10(2)8-6-9-12(11)13(3)4/h8H,5-7,9H2,1-4H3. The Kier molecular flexibility index (Phi) is 3.58. The molecule has 0 spiro atoms. The van der Waals surface area contributed by atoms with E-state index < -0.39 is 0 Å². The van der Waals surface area contributed by atoms with E-state index in [1.165, 1.54) is 31.3 Å². The third-order valence-electron chi connectivity index (χ3n) is 2.70. The van der Waals surface area contributed by atoms with Crippen molar-refractivity contribution in [2.75, 3.05) is 14.1 Å². The number of rotatable bonds is 3. The van der Waals surface area contributed by atoms with Crippen LogP contribution >= 0.6 is 0 Å². The normalized spacial score (nSPS) is 17.4. The van der Waals surface area contributed by atoms with Gasteiger partial charge in [0, 0.05) is 19.8 Å². The maximum Gasteiger partial charge on any atom is 0.0166 e. The van der Waals surface area contributed by atoms with E-state index in [-0.39, 0.29) is 0 Å². The quantitative estimate of drug-likeness (QED) is 0.642. The van der Waals surface area contributed by atoms with E-state index in [0.29, 0.717) is 0 Å². The first-order valence-corrected chi connectivity index (χ1v) is 5.23. The largest absolute Gasteiger partial charge is 0.381 e. The monoisotopic (exact) mass is 179 g/mol. The number of hydrogen-bond donors (Lipinski definition) is 0. The third kappa shape index (κ3) is 2.36. The van der Waals surface area contributed by atoms with E-state index >= 15 is 0 Å². The first kappa shape index (κ1) is 10.4. The Hall–Kier alpha value is -0.720. The van der Waals surface area contributed by atoms with E-state index in [2.05, 4.69) is 38.9 Å². The molecule has 1 nitrogen and oxygen atoms in total. The van der Waals surface area contributed by atoms with Crippen molar-refractivity contribution in [2.24, 2.45) is 0 Å². The molecule has 0 aromatic rings. The van der Waals surface area contributed by atoms with Gasteiger partial charge in [0.05, 0.1) is 0 Å². The first-order valence-electron chi connectivity index (χ1n) is 5.23. The van der Waals surface area contributed by atoms with Crippen LogP contribution in [0.15, 0.2) is 22.9 Å². The van der Waals surface area contributed by atoms with Gasteiger partial charge in [0.15, 0.2) is 0 Å². The highest BCUT2D eigenvalue weighted by Crippen LogP contribution is 2.29. The molecule has 0 heterocycles. The Morgan fingerprint density at radius 1 is 1.38 bits per heavy atom. The molecule has 0 aliphatic heterocycles. The summed E-state index contributed by atoms with van der Waals surface area (Å²) in [7, 11) is 4.31. The maximum absolute atomic E-state index is 2.37. The highest BCUT2D eigenvalue weighted by atomic mass is 15.1. The molecule has 0 radical (unpaired) electrons. The van der Waals surface area contributed by atoms with Crippen LogP contribution in [-0.2, 0) is 0 Å². The molecule has 0 aromatic heterocycles. The molecule has 1 heteroatoms. The van der Waals surface area contributed by atoms with Crippen LogP contribution in [0.4, 0.5) is 0 Å². The Labute approximate surface area is 82.1 Å². The van der Waals surface area contributed by atoms with Crippen LogP contribution in [0.25, 0.3) is 0 Å². The molecule has 0 saturated heterocycles. The van der Waals surface area contributed by atoms with Crippen molar-refractivity contribution in [1.82, 2.24) is 4.90 Å². The molecule has 0 unspecified atom stereocenters. The summed E-state index contributed by atoms with van der Waals surface area (Å²) in [5.74, 6) is 0. The van der Waals surface area contributed by atoms with Gasteiger partial charge >= 0.3 is 0 Å². The maximum atomic E-state index is 2.37. The molecule has 1 aliphatic rings. The van der Waals surface area contributed by atoms with Crippen molar-refractivity contribution in [1.29, 1.82) is 0 Å². The van der Waals surface area contributed by atoms with Crippen molar-refractivity contribution in [3.63, 3.8) is 0 Å². The molecule has 1 aliphatic carbocycles. The number of allylic oxidation sites excluding steroid dienone is 4. The summed E-state index contributed by atoms with van der Waals surface area (Å²) in [5.41, 5.74) is 4.62. The molecule has 0 saturated carbocycles. The zero-order chi connectivity index (χ0) is 9.84. The molecule has 0 aromatic carbocycles. The average Bonchev–Trinajstić information content (AvgIpc) is 2.08. The molecule has 74 valence electrons. The lowest BCUT2D eigenvalue weighted by Crippen LogP contribution is -2.16. The zero-order valence-corrected chi connectivity index (χ0v) is 9.35. The Morgan fingerprint density at radius 3 is 2.62 bits per heavy atom. The molecular formula is C12H21N. The first-order chi connectivity index (χ1) is 6.16. The number of nitrogens with zero attached hydrogens (tertiary/aromatic N) is 1. The SMILES string of the molecule is CCCC1=C(N(C)C)CCC=C1C. The molecule has 0 amide bonds. The van der Waals surface area contributed by atoms with Gasteiger partial charge in [-0.1, -0.05) is 25.0 Å². The summed E-state index contributed by atoms with van der Waals surface area (Å²) in [4.78, 5) is 2.28. The summed E-state index contributed by atoms with van der Waals surface area (Å²) >= 11 is 0. The van der Waals surface area contributed by atoms with E-state index in [9.17, 15) is 0 Å². The van der Waals surface area contributed by atoms with Crippen molar-refractivity contribution in [3.8, 4) is 0 Å². The Balaban J connectivity index is 2.91. The minimum atomic E-state index is 1.21. The second-order valence-corrected chi connectivity index (χ2v) is 4.00. The van der Waals surface area contributed by atoms with Gasteiger partial charge in [-0.25, -0.2) is 0 Å². The van der Waals surface area contributed by atoms with Gasteiger partial charge in [-0.05, 0) is 31.8 Å². The van der Waals surface area contributed by atoms with Gasteiger partial charge in [-0.3, -0.25) is 0 Å². The minimum absolute atomic E-state index is 1.21. The van der Waals surface area contributed by atoms with Gasteiger partial charge in [0.2, 0.25) is 0 Å². The summed E-state index contributed by atoms with van der Waals surface area (Å²) < 4.78 is 0. The Bertz CT molecular complexity index is 234. The molecule has 0 atom stereocenters. The fourth-order valence-electron chi connectivity index (χ4n) is 2.01. The fourth-order valence-corrected chi connectivity index (χ4v) is 2.01. The van der Waals surface area contributed by atoms with Gasteiger partial charge in [-0.15, -0.1) is 0 Å². The molecular weight excluding hydrogens is 158 g/mol. The summed E-state index contributed by atoms with van der Waals surface area (Å²) in [5, 5.41) is 0. The van der Waals surface area contributed by atoms with E-state index in [4.69, 9.17) is 0 Å². The molecule has 13 heavy (non-hydrogen) atoms. The predicted molar refractivity (Wildman–Crippen MR) is 58.6 cm³/mol. The van der Waals surface area contributed by atoms with Crippen molar-refractivity contribution in [2.45, 2.75) is 39.5 Å². The van der Waals surface area contributed by atoms with Crippen LogP contribution in [0.3, 0.4) is 0 Å². The van der Waals surface area contributed by atoms with Crippen LogP contribution in [-0.4, -0.2) is 19.0 Å². The van der Waals surface area contributed by atoms with E-state index in [1.54, 1.807) is 11.3 Å². The van der Waals surface area contributed by atoms with Gasteiger partial charge in [-0.2, -0.15) is 0 Å². The van der Waals surface area contributed by atoms with Crippen molar-refractivity contribution in [3.05, 3.63) is 22.9 Å². The van der Waals surface area contributed by atoms with Crippen molar-refractivity contribution >= 4 is 0 Å². The smallest absolute Gasteiger partial charge is 0.0166 e. The third-order valence-corrected chi connectivity index (χ3v) is 2.70. The van der Waals surface area contributed by atoms with Crippen LogP contribution < -0.4 is 0 Å². The summed E-state index contributed by atoms with van der Waals surface area (Å²) in [6, 6.07) is 0. The number of hydrogen-bond acceptors (Lipinski definition) is 1. The lowest BCUT2D eigenvalue weighted by molar-refractivity contribution is 0.474. The lowest BCUT2D eigenvalue weighted by Gasteiger charge is -2.25. The summed E-state index contributed by atoms with van der Waals surface area (Å²) in [6.45, 7) is 4.50. The molecule has 0 fully saturated rings. The van der Waals surface area contributed by atoms with E-state index in [0.717, 1.165) is 0 Å². The second-order valence-electron chi connectivity index (χ2n) is 4.00. The molecule has 0 bridgehead atoms. The predicted octanol–water partition coefficient (Wildman–Crippen LogP) is 3.34. The van der Waals surface area contributed by atoms with Gasteiger partial charge < -0.3 is 4.90 Å². The highest BCUT2D eigenvalue weighted by Gasteiger charge is 2.13. The van der Waals surface area contributed by atoms with E-state index in [1.807, 2.05) is 0 Å². The van der Waals surface area contributed by atoms with Crippen LogP contribution in [0.2, 0.25) is 0 Å². The average molecular weight is 179 g/mol. The van der Waals surface area contributed by atoms with Gasteiger partial charge in [0.25, 0.3) is 0 Å². The summed E-state index contributed by atoms with van der Waals surface area (Å²) in [6.07, 6.45) is 7.29. The lowest BCUT2D eigenvalue weighted by atomic mass is 9.92. The second kappa shape index (κ2) is 4.50. The molecule has 0 N–H and O–H groups in total. The van der Waals surface area contributed by atoms with Crippen LogP contribution in [0, 0.1) is 0 Å². The fraction of sp³-hybridized carbons (Fsp3) is 0.667. The zero-order valence-electron chi connectivity index (χ0n) is 9.35. The Morgan fingerprint density at radius 2 is 2.08 bits per heavy atom. The molecule has 1 rings (SSSR count). The minimum Gasteiger partial charge on any atom is -0.381 e. The van der Waals surface area contributed by atoms with Crippen LogP contribution in [0.1, 0.15) is 39.5 Å². The highest BCUT2D eigenvalue weighted by molar-refractivity contribution is 5.36.